The molecule has 4 rings (SSSR count). The highest BCUT2D eigenvalue weighted by Crippen LogP contribution is 2.33. The maximum absolute atomic E-state index is 12.8. The van der Waals surface area contributed by atoms with Gasteiger partial charge in [0.1, 0.15) is 12.4 Å². The fraction of sp³-hybridized carbons (Fsp3) is 0.579. The van der Waals surface area contributed by atoms with Crippen molar-refractivity contribution in [2.24, 2.45) is 0 Å². The Hall–Kier alpha value is -1.59. The Morgan fingerprint density at radius 1 is 1.12 bits per heavy atom. The third-order valence-corrected chi connectivity index (χ3v) is 5.42. The Balaban J connectivity index is 0.00000182. The first-order valence-corrected chi connectivity index (χ1v) is 9.26. The van der Waals surface area contributed by atoms with E-state index in [0.29, 0.717) is 12.5 Å². The number of carbonyl (C=O) groups is 1. The van der Waals surface area contributed by atoms with Crippen molar-refractivity contribution in [1.29, 1.82) is 0 Å². The van der Waals surface area contributed by atoms with E-state index in [4.69, 9.17) is 4.98 Å². The van der Waals surface area contributed by atoms with Gasteiger partial charge < -0.3 is 14.8 Å². The van der Waals surface area contributed by atoms with Crippen LogP contribution in [-0.4, -0.2) is 46.5 Å². The number of benzene rings is 1. The molecule has 1 aliphatic heterocycles. The molecule has 1 amide bonds. The van der Waals surface area contributed by atoms with Gasteiger partial charge in [-0.15, -0.1) is 12.4 Å². The van der Waals surface area contributed by atoms with Gasteiger partial charge >= 0.3 is 0 Å². The van der Waals surface area contributed by atoms with Crippen LogP contribution in [-0.2, 0) is 11.3 Å². The summed E-state index contributed by atoms with van der Waals surface area (Å²) < 4.78 is 2.19. The van der Waals surface area contributed by atoms with Crippen LogP contribution in [0.15, 0.2) is 24.3 Å². The summed E-state index contributed by atoms with van der Waals surface area (Å²) in [4.78, 5) is 19.7. The van der Waals surface area contributed by atoms with Crippen molar-refractivity contribution in [2.75, 3.05) is 26.2 Å². The summed E-state index contributed by atoms with van der Waals surface area (Å²) >= 11 is 0. The fourth-order valence-electron chi connectivity index (χ4n) is 4.08. The Labute approximate surface area is 155 Å². The summed E-state index contributed by atoms with van der Waals surface area (Å²) in [5.41, 5.74) is 2.12. The van der Waals surface area contributed by atoms with Gasteiger partial charge in [-0.1, -0.05) is 31.4 Å². The molecule has 0 radical (unpaired) electrons. The van der Waals surface area contributed by atoms with Crippen molar-refractivity contribution in [2.45, 2.75) is 44.6 Å². The molecule has 1 saturated heterocycles. The highest BCUT2D eigenvalue weighted by molar-refractivity contribution is 5.85. The molecule has 5 nitrogen and oxygen atoms in total. The highest BCUT2D eigenvalue weighted by Gasteiger charge is 2.25. The van der Waals surface area contributed by atoms with Crippen LogP contribution in [0.4, 0.5) is 0 Å². The molecule has 136 valence electrons. The van der Waals surface area contributed by atoms with Crippen molar-refractivity contribution >= 4 is 29.3 Å². The van der Waals surface area contributed by atoms with E-state index in [1.165, 1.54) is 32.1 Å². The molecule has 0 atom stereocenters. The lowest BCUT2D eigenvalue weighted by molar-refractivity contribution is -0.132. The second kappa shape index (κ2) is 8.19. The second-order valence-electron chi connectivity index (χ2n) is 7.01. The number of fused-ring (bicyclic) bond motifs is 1. The topological polar surface area (TPSA) is 50.2 Å². The van der Waals surface area contributed by atoms with Crippen LogP contribution in [0, 0.1) is 0 Å². The number of hydrogen-bond donors (Lipinski definition) is 1. The molecule has 1 aromatic carbocycles. The third-order valence-electron chi connectivity index (χ3n) is 5.42. The van der Waals surface area contributed by atoms with Crippen LogP contribution in [0.3, 0.4) is 0 Å². The molecule has 1 N–H and O–H groups in total. The standard InChI is InChI=1S/C19H26N4O.ClH/c24-18(22-12-10-20-11-13-22)14-23-17-9-5-4-8-16(17)21-19(23)15-6-2-1-3-7-15;/h4-5,8-9,15,20H,1-3,6-7,10-14H2;1H. The summed E-state index contributed by atoms with van der Waals surface area (Å²) in [7, 11) is 0. The molecule has 2 fully saturated rings. The minimum atomic E-state index is 0. The number of aromatic nitrogens is 2. The van der Waals surface area contributed by atoms with Gasteiger partial charge in [-0.2, -0.15) is 0 Å². The molecular weight excluding hydrogens is 336 g/mol. The maximum Gasteiger partial charge on any atom is 0.242 e. The Morgan fingerprint density at radius 3 is 2.60 bits per heavy atom. The van der Waals surface area contributed by atoms with Gasteiger partial charge in [-0.05, 0) is 25.0 Å². The van der Waals surface area contributed by atoms with Gasteiger partial charge in [0, 0.05) is 32.1 Å². The zero-order valence-corrected chi connectivity index (χ0v) is 15.4. The molecule has 25 heavy (non-hydrogen) atoms. The van der Waals surface area contributed by atoms with Crippen LogP contribution in [0.2, 0.25) is 0 Å². The quantitative estimate of drug-likeness (QED) is 0.913. The van der Waals surface area contributed by atoms with E-state index in [9.17, 15) is 4.79 Å². The van der Waals surface area contributed by atoms with Crippen molar-refractivity contribution in [3.63, 3.8) is 0 Å². The first-order chi connectivity index (χ1) is 11.8. The zero-order valence-electron chi connectivity index (χ0n) is 14.6. The second-order valence-corrected chi connectivity index (χ2v) is 7.01. The molecule has 0 bridgehead atoms. The molecule has 1 aliphatic carbocycles. The maximum atomic E-state index is 12.8. The normalized spacial score (nSPS) is 19.0. The van der Waals surface area contributed by atoms with E-state index in [1.807, 2.05) is 17.0 Å². The fourth-order valence-corrected chi connectivity index (χ4v) is 4.08. The SMILES string of the molecule is Cl.O=C(Cn1c(C2CCCCC2)nc2ccccc21)N1CCNCC1. The lowest BCUT2D eigenvalue weighted by atomic mass is 9.88. The molecule has 2 heterocycles. The van der Waals surface area contributed by atoms with E-state index >= 15 is 0 Å². The predicted octanol–water partition coefficient (Wildman–Crippen LogP) is 2.94. The van der Waals surface area contributed by atoms with Crippen molar-refractivity contribution in [1.82, 2.24) is 19.8 Å². The summed E-state index contributed by atoms with van der Waals surface area (Å²) in [5.74, 6) is 1.85. The molecule has 1 aromatic heterocycles. The molecule has 2 aromatic rings. The van der Waals surface area contributed by atoms with Crippen LogP contribution in [0.25, 0.3) is 11.0 Å². The lowest BCUT2D eigenvalue weighted by Gasteiger charge is -2.28. The monoisotopic (exact) mass is 362 g/mol. The smallest absolute Gasteiger partial charge is 0.242 e. The number of carbonyl (C=O) groups excluding carboxylic acids is 1. The van der Waals surface area contributed by atoms with Gasteiger partial charge in [0.25, 0.3) is 0 Å². The predicted molar refractivity (Wildman–Crippen MR) is 102 cm³/mol. The number of imidazole rings is 1. The number of halogens is 1. The highest BCUT2D eigenvalue weighted by atomic mass is 35.5. The van der Waals surface area contributed by atoms with E-state index in [-0.39, 0.29) is 18.3 Å². The first kappa shape index (κ1) is 18.2. The van der Waals surface area contributed by atoms with Gasteiger partial charge in [0.15, 0.2) is 0 Å². The Morgan fingerprint density at radius 2 is 1.84 bits per heavy atom. The first-order valence-electron chi connectivity index (χ1n) is 9.26. The van der Waals surface area contributed by atoms with Crippen LogP contribution in [0.5, 0.6) is 0 Å². The molecular formula is C19H27ClN4O. The number of rotatable bonds is 3. The zero-order chi connectivity index (χ0) is 16.4. The Bertz CT molecular complexity index is 717. The minimum absolute atomic E-state index is 0. The molecule has 6 heteroatoms. The molecule has 1 saturated carbocycles. The van der Waals surface area contributed by atoms with E-state index in [2.05, 4.69) is 22.0 Å². The van der Waals surface area contributed by atoms with Crippen LogP contribution >= 0.6 is 12.4 Å². The largest absolute Gasteiger partial charge is 0.339 e. The number of nitrogens with zero attached hydrogens (tertiary/aromatic N) is 3. The average Bonchev–Trinajstić information content (AvgIpc) is 3.02. The molecule has 2 aliphatic rings. The number of nitrogens with one attached hydrogen (secondary N) is 1. The molecule has 0 unspecified atom stereocenters. The van der Waals surface area contributed by atoms with E-state index < -0.39 is 0 Å². The number of para-hydroxylation sites is 2. The van der Waals surface area contributed by atoms with Gasteiger partial charge in [0.05, 0.1) is 11.0 Å². The van der Waals surface area contributed by atoms with Crippen LogP contribution in [0.1, 0.15) is 43.8 Å². The summed E-state index contributed by atoms with van der Waals surface area (Å²) in [6.07, 6.45) is 6.28. The Kier molecular flexibility index (Phi) is 5.97. The lowest BCUT2D eigenvalue weighted by Crippen LogP contribution is -2.47. The summed E-state index contributed by atoms with van der Waals surface area (Å²) in [6.45, 7) is 3.83. The van der Waals surface area contributed by atoms with E-state index in [1.54, 1.807) is 0 Å². The molecule has 0 spiro atoms. The average molecular weight is 363 g/mol. The number of piperazine rings is 1. The van der Waals surface area contributed by atoms with Crippen LogP contribution < -0.4 is 5.32 Å². The summed E-state index contributed by atoms with van der Waals surface area (Å²) in [5, 5.41) is 3.31. The van der Waals surface area contributed by atoms with Gasteiger partial charge in [-0.25, -0.2) is 4.98 Å². The van der Waals surface area contributed by atoms with Gasteiger partial charge in [0.2, 0.25) is 5.91 Å². The van der Waals surface area contributed by atoms with E-state index in [0.717, 1.165) is 43.0 Å². The number of hydrogen-bond acceptors (Lipinski definition) is 3. The number of amides is 1. The van der Waals surface area contributed by atoms with Gasteiger partial charge in [-0.3, -0.25) is 4.79 Å². The third kappa shape index (κ3) is 3.82. The van der Waals surface area contributed by atoms with Crippen molar-refractivity contribution < 1.29 is 4.79 Å². The summed E-state index contributed by atoms with van der Waals surface area (Å²) in [6, 6.07) is 8.23. The van der Waals surface area contributed by atoms with Crippen molar-refractivity contribution in [3.8, 4) is 0 Å². The minimum Gasteiger partial charge on any atom is -0.339 e. The van der Waals surface area contributed by atoms with Crippen molar-refractivity contribution in [3.05, 3.63) is 30.1 Å².